The predicted molar refractivity (Wildman–Crippen MR) is 106 cm³/mol. The lowest BCUT2D eigenvalue weighted by Crippen LogP contribution is -2.28. The molecule has 5 nitrogen and oxygen atoms in total. The Balaban J connectivity index is 2.10. The molecule has 1 heterocycles. The molecule has 0 bridgehead atoms. The summed E-state index contributed by atoms with van der Waals surface area (Å²) in [5.41, 5.74) is 3.84. The SMILES string of the molecule is COCCN1/C(=C/c2ccc(O)c(OC=O)c2)C(C)(C)c2cc(Cl)ccc21. The number of ether oxygens (including phenoxy) is 2. The summed E-state index contributed by atoms with van der Waals surface area (Å²) in [4.78, 5) is 12.9. The second kappa shape index (κ2) is 7.62. The van der Waals surface area contributed by atoms with Crippen molar-refractivity contribution in [2.45, 2.75) is 19.3 Å². The van der Waals surface area contributed by atoms with E-state index in [-0.39, 0.29) is 16.9 Å². The van der Waals surface area contributed by atoms with E-state index in [9.17, 15) is 9.90 Å². The van der Waals surface area contributed by atoms with Gasteiger partial charge in [0.25, 0.3) is 6.47 Å². The minimum atomic E-state index is -0.280. The van der Waals surface area contributed by atoms with E-state index in [2.05, 4.69) is 18.7 Å². The fraction of sp³-hybridized carbons (Fsp3) is 0.286. The van der Waals surface area contributed by atoms with E-state index in [1.54, 1.807) is 19.2 Å². The maximum Gasteiger partial charge on any atom is 0.298 e. The van der Waals surface area contributed by atoms with Gasteiger partial charge in [0.05, 0.1) is 6.61 Å². The van der Waals surface area contributed by atoms with Crippen LogP contribution in [0.5, 0.6) is 11.5 Å². The predicted octanol–water partition coefficient (Wildman–Crippen LogP) is 4.37. The number of fused-ring (bicyclic) bond motifs is 1. The van der Waals surface area contributed by atoms with Crippen LogP contribution in [0.1, 0.15) is 25.0 Å². The lowest BCUT2D eigenvalue weighted by molar-refractivity contribution is -0.120. The number of phenols is 1. The molecule has 1 N–H and O–H groups in total. The minimum Gasteiger partial charge on any atom is -0.504 e. The van der Waals surface area contributed by atoms with E-state index in [0.717, 1.165) is 22.5 Å². The minimum absolute atomic E-state index is 0.0822. The van der Waals surface area contributed by atoms with Gasteiger partial charge < -0.3 is 19.5 Å². The third kappa shape index (κ3) is 3.66. The molecule has 0 saturated heterocycles. The van der Waals surface area contributed by atoms with Crippen molar-refractivity contribution in [3.63, 3.8) is 0 Å². The van der Waals surface area contributed by atoms with Gasteiger partial charge in [0.2, 0.25) is 0 Å². The lowest BCUT2D eigenvalue weighted by atomic mass is 9.83. The molecule has 2 aromatic carbocycles. The number of carbonyl (C=O) groups is 1. The number of aromatic hydroxyl groups is 1. The quantitative estimate of drug-likeness (QED) is 0.746. The topological polar surface area (TPSA) is 59.0 Å². The number of halogens is 1. The van der Waals surface area contributed by atoms with Crippen LogP contribution in [0.3, 0.4) is 0 Å². The van der Waals surface area contributed by atoms with Crippen molar-refractivity contribution in [3.8, 4) is 11.5 Å². The van der Waals surface area contributed by atoms with E-state index in [0.29, 0.717) is 24.6 Å². The Morgan fingerprint density at radius 2 is 2.00 bits per heavy atom. The largest absolute Gasteiger partial charge is 0.504 e. The molecule has 1 aliphatic rings. The van der Waals surface area contributed by atoms with Crippen LogP contribution in [0.15, 0.2) is 42.1 Å². The van der Waals surface area contributed by atoms with Crippen LogP contribution in [-0.4, -0.2) is 31.8 Å². The highest BCUT2D eigenvalue weighted by molar-refractivity contribution is 6.30. The lowest BCUT2D eigenvalue weighted by Gasteiger charge is -2.27. The van der Waals surface area contributed by atoms with Gasteiger partial charge in [-0.2, -0.15) is 0 Å². The van der Waals surface area contributed by atoms with Crippen molar-refractivity contribution in [1.82, 2.24) is 0 Å². The summed E-state index contributed by atoms with van der Waals surface area (Å²) in [5, 5.41) is 10.5. The summed E-state index contributed by atoms with van der Waals surface area (Å²) >= 11 is 6.24. The van der Waals surface area contributed by atoms with Gasteiger partial charge in [0.1, 0.15) is 0 Å². The van der Waals surface area contributed by atoms with Crippen molar-refractivity contribution >= 4 is 29.8 Å². The molecule has 0 aliphatic carbocycles. The Hall–Kier alpha value is -2.50. The maximum absolute atomic E-state index is 10.7. The number of hydrogen-bond acceptors (Lipinski definition) is 5. The molecule has 0 saturated carbocycles. The number of benzene rings is 2. The van der Waals surface area contributed by atoms with Gasteiger partial charge in [-0.05, 0) is 47.5 Å². The highest BCUT2D eigenvalue weighted by atomic mass is 35.5. The third-order valence-electron chi connectivity index (χ3n) is 4.84. The summed E-state index contributed by atoms with van der Waals surface area (Å²) in [6.45, 7) is 5.85. The van der Waals surface area contributed by atoms with Gasteiger partial charge in [-0.25, -0.2) is 0 Å². The number of hydrogen-bond donors (Lipinski definition) is 1. The number of carbonyl (C=O) groups excluding carboxylic acids is 1. The van der Waals surface area contributed by atoms with E-state index in [1.807, 2.05) is 24.3 Å². The number of anilines is 1. The molecular weight excluding hydrogens is 366 g/mol. The highest BCUT2D eigenvalue weighted by Crippen LogP contribution is 2.49. The Kier molecular flexibility index (Phi) is 5.44. The van der Waals surface area contributed by atoms with Crippen molar-refractivity contribution in [2.24, 2.45) is 0 Å². The van der Waals surface area contributed by atoms with Crippen LogP contribution in [0, 0.1) is 0 Å². The number of methoxy groups -OCH3 is 1. The van der Waals surface area contributed by atoms with E-state index >= 15 is 0 Å². The number of nitrogens with zero attached hydrogens (tertiary/aromatic N) is 1. The molecule has 27 heavy (non-hydrogen) atoms. The second-order valence-corrected chi connectivity index (χ2v) is 7.34. The summed E-state index contributed by atoms with van der Waals surface area (Å²) in [6, 6.07) is 10.8. The van der Waals surface area contributed by atoms with Crippen LogP contribution in [0.4, 0.5) is 5.69 Å². The molecule has 0 fully saturated rings. The molecule has 3 rings (SSSR count). The molecule has 2 aromatic rings. The monoisotopic (exact) mass is 387 g/mol. The third-order valence-corrected chi connectivity index (χ3v) is 5.07. The molecular formula is C21H22ClNO4. The first-order valence-electron chi connectivity index (χ1n) is 8.60. The molecule has 0 unspecified atom stereocenters. The van der Waals surface area contributed by atoms with Gasteiger partial charge in [-0.15, -0.1) is 0 Å². The van der Waals surface area contributed by atoms with Gasteiger partial charge in [-0.3, -0.25) is 4.79 Å². The summed E-state index contributed by atoms with van der Waals surface area (Å²) in [5.74, 6) is 0.0420. The first-order valence-corrected chi connectivity index (χ1v) is 8.98. The Morgan fingerprint density at radius 3 is 2.70 bits per heavy atom. The summed E-state index contributed by atoms with van der Waals surface area (Å²) in [6.07, 6.45) is 2.03. The van der Waals surface area contributed by atoms with E-state index in [1.165, 1.54) is 6.07 Å². The van der Waals surface area contributed by atoms with Crippen LogP contribution < -0.4 is 9.64 Å². The standard InChI is InChI=1S/C21H22ClNO4/c1-21(2)16-12-15(22)5-6-17(16)23(8-9-26-3)20(21)11-14-4-7-18(25)19(10-14)27-13-24/h4-7,10-13,25H,8-9H2,1-3H3/b20-11+. The molecule has 1 aliphatic heterocycles. The van der Waals surface area contributed by atoms with Crippen LogP contribution >= 0.6 is 11.6 Å². The zero-order chi connectivity index (χ0) is 19.6. The average Bonchev–Trinajstić information content (AvgIpc) is 2.83. The molecule has 6 heteroatoms. The zero-order valence-electron chi connectivity index (χ0n) is 15.5. The normalized spacial score (nSPS) is 16.4. The molecule has 0 atom stereocenters. The highest BCUT2D eigenvalue weighted by Gasteiger charge is 2.40. The molecule has 0 amide bonds. The van der Waals surface area contributed by atoms with Gasteiger partial charge in [0, 0.05) is 35.5 Å². The summed E-state index contributed by atoms with van der Waals surface area (Å²) in [7, 11) is 1.68. The number of allylic oxidation sites excluding steroid dienone is 1. The van der Waals surface area contributed by atoms with Crippen LogP contribution in [0.25, 0.3) is 6.08 Å². The van der Waals surface area contributed by atoms with Gasteiger partial charge >= 0.3 is 0 Å². The number of phenolic OH excluding ortho intramolecular Hbond substituents is 1. The zero-order valence-corrected chi connectivity index (χ0v) is 16.3. The van der Waals surface area contributed by atoms with Crippen molar-refractivity contribution < 1.29 is 19.4 Å². The molecule has 0 spiro atoms. The summed E-state index contributed by atoms with van der Waals surface area (Å²) < 4.78 is 10.1. The first-order chi connectivity index (χ1) is 12.9. The van der Waals surface area contributed by atoms with Crippen molar-refractivity contribution in [1.29, 1.82) is 0 Å². The van der Waals surface area contributed by atoms with Crippen molar-refractivity contribution in [2.75, 3.05) is 25.2 Å². The van der Waals surface area contributed by atoms with Crippen molar-refractivity contribution in [3.05, 3.63) is 58.2 Å². The van der Waals surface area contributed by atoms with E-state index < -0.39 is 0 Å². The smallest absolute Gasteiger partial charge is 0.298 e. The van der Waals surface area contributed by atoms with Crippen LogP contribution in [0.2, 0.25) is 5.02 Å². The fourth-order valence-electron chi connectivity index (χ4n) is 3.46. The average molecular weight is 388 g/mol. The van der Waals surface area contributed by atoms with E-state index in [4.69, 9.17) is 21.1 Å². The molecule has 0 aromatic heterocycles. The molecule has 142 valence electrons. The number of rotatable bonds is 6. The Bertz CT molecular complexity index is 892. The Morgan fingerprint density at radius 1 is 1.22 bits per heavy atom. The first kappa shape index (κ1) is 19.3. The van der Waals surface area contributed by atoms with Crippen LogP contribution in [-0.2, 0) is 14.9 Å². The Labute approximate surface area is 163 Å². The second-order valence-electron chi connectivity index (χ2n) is 6.90. The van der Waals surface area contributed by atoms with Gasteiger partial charge in [-0.1, -0.05) is 31.5 Å². The molecule has 0 radical (unpaired) electrons. The fourth-order valence-corrected chi connectivity index (χ4v) is 3.63. The van der Waals surface area contributed by atoms with Gasteiger partial charge in [0.15, 0.2) is 11.5 Å². The maximum atomic E-state index is 10.7.